The van der Waals surface area contributed by atoms with Crippen molar-refractivity contribution in [1.82, 2.24) is 20.2 Å². The summed E-state index contributed by atoms with van der Waals surface area (Å²) in [5.41, 5.74) is 1.95. The molecule has 0 atom stereocenters. The minimum absolute atomic E-state index is 0.235. The Labute approximate surface area is 118 Å². The highest BCUT2D eigenvalue weighted by Crippen LogP contribution is 2.15. The second-order valence-electron chi connectivity index (χ2n) is 4.66. The summed E-state index contributed by atoms with van der Waals surface area (Å²) in [5, 5.41) is 4.01. The number of carbonyl (C=O) groups is 1. The fraction of sp³-hybridized carbons (Fsp3) is 0.615. The van der Waals surface area contributed by atoms with E-state index in [1.807, 2.05) is 24.8 Å². The van der Waals surface area contributed by atoms with E-state index < -0.39 is 0 Å². The number of piperazine rings is 1. The van der Waals surface area contributed by atoms with E-state index in [0.29, 0.717) is 6.42 Å². The van der Waals surface area contributed by atoms with Crippen LogP contribution in [-0.2, 0) is 4.79 Å². The second kappa shape index (κ2) is 6.86. The van der Waals surface area contributed by atoms with E-state index in [1.54, 1.807) is 11.8 Å². The van der Waals surface area contributed by atoms with Crippen LogP contribution in [0.25, 0.3) is 0 Å². The van der Waals surface area contributed by atoms with Gasteiger partial charge in [0.05, 0.1) is 0 Å². The van der Waals surface area contributed by atoms with Gasteiger partial charge in [0.1, 0.15) is 0 Å². The molecule has 1 aromatic rings. The van der Waals surface area contributed by atoms with Crippen molar-refractivity contribution in [3.8, 4) is 0 Å². The van der Waals surface area contributed by atoms with E-state index in [1.165, 1.54) is 0 Å². The number of amides is 1. The molecule has 1 N–H and O–H groups in total. The number of rotatable bonds is 4. The molecule has 1 saturated heterocycles. The Balaban J connectivity index is 1.77. The van der Waals surface area contributed by atoms with Crippen molar-refractivity contribution in [2.45, 2.75) is 25.4 Å². The van der Waals surface area contributed by atoms with Crippen molar-refractivity contribution in [2.24, 2.45) is 0 Å². The fourth-order valence-electron chi connectivity index (χ4n) is 2.06. The van der Waals surface area contributed by atoms with Crippen LogP contribution in [0.3, 0.4) is 0 Å². The zero-order valence-corrected chi connectivity index (χ0v) is 12.3. The normalized spacial score (nSPS) is 15.6. The Kier molecular flexibility index (Phi) is 5.15. The van der Waals surface area contributed by atoms with Crippen LogP contribution in [-0.4, -0.2) is 52.7 Å². The van der Waals surface area contributed by atoms with E-state index in [2.05, 4.69) is 15.3 Å². The summed E-state index contributed by atoms with van der Waals surface area (Å²) < 4.78 is 0. The van der Waals surface area contributed by atoms with Gasteiger partial charge in [0.25, 0.3) is 0 Å². The summed E-state index contributed by atoms with van der Waals surface area (Å²) in [6, 6.07) is 1.95. The van der Waals surface area contributed by atoms with Crippen LogP contribution in [0.5, 0.6) is 0 Å². The maximum Gasteiger partial charge on any atom is 0.223 e. The van der Waals surface area contributed by atoms with Gasteiger partial charge in [-0.3, -0.25) is 4.79 Å². The number of thioether (sulfide) groups is 1. The lowest BCUT2D eigenvalue weighted by atomic mass is 10.3. The number of carbonyl (C=O) groups excluding carboxylic acids is 1. The molecule has 2 rings (SSSR count). The van der Waals surface area contributed by atoms with E-state index in [4.69, 9.17) is 0 Å². The van der Waals surface area contributed by atoms with Gasteiger partial charge in [0, 0.05) is 49.7 Å². The topological polar surface area (TPSA) is 58.1 Å². The molecule has 19 heavy (non-hydrogen) atoms. The lowest BCUT2D eigenvalue weighted by Crippen LogP contribution is -2.46. The largest absolute Gasteiger partial charge is 0.340 e. The third kappa shape index (κ3) is 4.47. The van der Waals surface area contributed by atoms with Gasteiger partial charge in [-0.25, -0.2) is 9.97 Å². The first-order valence-electron chi connectivity index (χ1n) is 6.59. The molecular weight excluding hydrogens is 260 g/mol. The summed E-state index contributed by atoms with van der Waals surface area (Å²) in [6.45, 7) is 7.38. The summed E-state index contributed by atoms with van der Waals surface area (Å²) >= 11 is 1.56. The molecule has 0 radical (unpaired) electrons. The molecule has 1 amide bonds. The van der Waals surface area contributed by atoms with Gasteiger partial charge in [-0.1, -0.05) is 11.8 Å². The molecule has 0 saturated carbocycles. The van der Waals surface area contributed by atoms with Gasteiger partial charge in [-0.2, -0.15) is 0 Å². The Hall–Kier alpha value is -1.14. The Morgan fingerprint density at radius 2 is 1.95 bits per heavy atom. The van der Waals surface area contributed by atoms with Gasteiger partial charge >= 0.3 is 0 Å². The monoisotopic (exact) mass is 280 g/mol. The summed E-state index contributed by atoms with van der Waals surface area (Å²) in [4.78, 5) is 22.6. The van der Waals surface area contributed by atoms with E-state index >= 15 is 0 Å². The second-order valence-corrected chi connectivity index (χ2v) is 5.72. The predicted octanol–water partition coefficient (Wildman–Crippen LogP) is 1.01. The number of nitrogens with one attached hydrogen (secondary N) is 1. The molecule has 0 bridgehead atoms. The van der Waals surface area contributed by atoms with Crippen molar-refractivity contribution < 1.29 is 4.79 Å². The maximum absolute atomic E-state index is 12.0. The van der Waals surface area contributed by atoms with Crippen LogP contribution in [0.2, 0.25) is 0 Å². The third-order valence-electron chi connectivity index (χ3n) is 2.98. The number of aromatic nitrogens is 2. The van der Waals surface area contributed by atoms with Crippen LogP contribution in [0.15, 0.2) is 11.2 Å². The molecule has 0 unspecified atom stereocenters. The molecule has 5 nitrogen and oxygen atoms in total. The molecule has 0 aliphatic carbocycles. The van der Waals surface area contributed by atoms with Crippen molar-refractivity contribution in [2.75, 3.05) is 31.9 Å². The van der Waals surface area contributed by atoms with Crippen LogP contribution in [0, 0.1) is 13.8 Å². The molecule has 2 heterocycles. The summed E-state index contributed by atoms with van der Waals surface area (Å²) in [6.07, 6.45) is 0.557. The average molecular weight is 280 g/mol. The number of hydrogen-bond acceptors (Lipinski definition) is 5. The van der Waals surface area contributed by atoms with Gasteiger partial charge < -0.3 is 10.2 Å². The minimum Gasteiger partial charge on any atom is -0.340 e. The quantitative estimate of drug-likeness (QED) is 0.659. The van der Waals surface area contributed by atoms with Gasteiger partial charge in [-0.15, -0.1) is 0 Å². The molecule has 1 aliphatic rings. The minimum atomic E-state index is 0.235. The van der Waals surface area contributed by atoms with Crippen molar-refractivity contribution in [3.63, 3.8) is 0 Å². The molecule has 1 fully saturated rings. The summed E-state index contributed by atoms with van der Waals surface area (Å²) in [7, 11) is 0. The molecule has 6 heteroatoms. The van der Waals surface area contributed by atoms with E-state index in [9.17, 15) is 4.79 Å². The molecule has 1 aliphatic heterocycles. The van der Waals surface area contributed by atoms with Crippen molar-refractivity contribution >= 4 is 17.7 Å². The fourth-order valence-corrected chi connectivity index (χ4v) is 2.94. The van der Waals surface area contributed by atoms with Crippen LogP contribution in [0.4, 0.5) is 0 Å². The van der Waals surface area contributed by atoms with Crippen LogP contribution >= 0.6 is 11.8 Å². The first-order chi connectivity index (χ1) is 9.15. The highest BCUT2D eigenvalue weighted by molar-refractivity contribution is 7.99. The van der Waals surface area contributed by atoms with Crippen LogP contribution < -0.4 is 5.32 Å². The Morgan fingerprint density at radius 1 is 1.32 bits per heavy atom. The number of aryl methyl sites for hydroxylation is 2. The SMILES string of the molecule is Cc1cc(C)nc(SCCC(=O)N2CCNCC2)n1. The Bertz CT molecular complexity index is 426. The van der Waals surface area contributed by atoms with E-state index in [0.717, 1.165) is 48.5 Å². The number of hydrogen-bond donors (Lipinski definition) is 1. The lowest BCUT2D eigenvalue weighted by Gasteiger charge is -2.27. The Morgan fingerprint density at radius 3 is 2.58 bits per heavy atom. The van der Waals surface area contributed by atoms with Crippen molar-refractivity contribution in [1.29, 1.82) is 0 Å². The molecule has 1 aromatic heterocycles. The molecule has 104 valence electrons. The van der Waals surface area contributed by atoms with Crippen molar-refractivity contribution in [3.05, 3.63) is 17.5 Å². The molecule has 0 spiro atoms. The summed E-state index contributed by atoms with van der Waals surface area (Å²) in [5.74, 6) is 0.976. The first kappa shape index (κ1) is 14.3. The predicted molar refractivity (Wildman–Crippen MR) is 76.3 cm³/mol. The van der Waals surface area contributed by atoms with Gasteiger partial charge in [-0.05, 0) is 19.9 Å². The lowest BCUT2D eigenvalue weighted by molar-refractivity contribution is -0.131. The van der Waals surface area contributed by atoms with E-state index in [-0.39, 0.29) is 5.91 Å². The zero-order valence-electron chi connectivity index (χ0n) is 11.5. The zero-order chi connectivity index (χ0) is 13.7. The standard InChI is InChI=1S/C13H20N4OS/c1-10-9-11(2)16-13(15-10)19-8-3-12(18)17-6-4-14-5-7-17/h9,14H,3-8H2,1-2H3. The smallest absolute Gasteiger partial charge is 0.223 e. The average Bonchev–Trinajstić information content (AvgIpc) is 2.38. The highest BCUT2D eigenvalue weighted by Gasteiger charge is 2.15. The first-order valence-corrected chi connectivity index (χ1v) is 7.57. The van der Waals surface area contributed by atoms with Gasteiger partial charge in [0.15, 0.2) is 5.16 Å². The molecule has 0 aromatic carbocycles. The maximum atomic E-state index is 12.0. The molecular formula is C13H20N4OS. The highest BCUT2D eigenvalue weighted by atomic mass is 32.2. The third-order valence-corrected chi connectivity index (χ3v) is 3.83. The van der Waals surface area contributed by atoms with Crippen LogP contribution in [0.1, 0.15) is 17.8 Å². The number of nitrogens with zero attached hydrogens (tertiary/aromatic N) is 3. The van der Waals surface area contributed by atoms with Gasteiger partial charge in [0.2, 0.25) is 5.91 Å².